The van der Waals surface area contributed by atoms with E-state index in [1.807, 2.05) is 18.2 Å². The van der Waals surface area contributed by atoms with Gasteiger partial charge in [0, 0.05) is 6.61 Å². The fourth-order valence-electron chi connectivity index (χ4n) is 1.12. The molecule has 1 nitrogen and oxygen atoms in total. The Labute approximate surface area is 86.4 Å². The van der Waals surface area contributed by atoms with E-state index < -0.39 is 0 Å². The van der Waals surface area contributed by atoms with Crippen molar-refractivity contribution in [3.63, 3.8) is 0 Å². The summed E-state index contributed by atoms with van der Waals surface area (Å²) in [5, 5.41) is 0. The number of ether oxygens (including phenoxy) is 1. The van der Waals surface area contributed by atoms with Gasteiger partial charge in [-0.1, -0.05) is 56.3 Å². The van der Waals surface area contributed by atoms with Gasteiger partial charge in [0.15, 0.2) is 0 Å². The highest BCUT2D eigenvalue weighted by atomic mass is 16.5. The fourth-order valence-corrected chi connectivity index (χ4v) is 1.12. The monoisotopic (exact) mass is 190 g/mol. The van der Waals surface area contributed by atoms with Crippen LogP contribution in [-0.2, 0) is 4.74 Å². The van der Waals surface area contributed by atoms with E-state index in [0.717, 1.165) is 6.61 Å². The van der Waals surface area contributed by atoms with Crippen LogP contribution >= 0.6 is 0 Å². The van der Waals surface area contributed by atoms with E-state index in [-0.39, 0.29) is 0 Å². The molecule has 0 radical (unpaired) electrons. The third-order valence-electron chi connectivity index (χ3n) is 1.78. The van der Waals surface area contributed by atoms with E-state index in [0.29, 0.717) is 12.5 Å². The van der Waals surface area contributed by atoms with Crippen molar-refractivity contribution in [2.24, 2.45) is 5.92 Å². The lowest BCUT2D eigenvalue weighted by Crippen LogP contribution is -2.01. The maximum atomic E-state index is 5.43. The van der Waals surface area contributed by atoms with Crippen molar-refractivity contribution >= 4 is 6.08 Å². The van der Waals surface area contributed by atoms with E-state index in [1.54, 1.807) is 0 Å². The van der Waals surface area contributed by atoms with Crippen LogP contribution in [0.4, 0.5) is 0 Å². The molecular weight excluding hydrogens is 172 g/mol. The molecule has 0 atom stereocenters. The van der Waals surface area contributed by atoms with Crippen molar-refractivity contribution in [3.05, 3.63) is 42.0 Å². The van der Waals surface area contributed by atoms with Crippen LogP contribution in [0.2, 0.25) is 0 Å². The minimum absolute atomic E-state index is 0.611. The third-order valence-corrected chi connectivity index (χ3v) is 1.78. The summed E-state index contributed by atoms with van der Waals surface area (Å²) in [6, 6.07) is 10.3. The minimum atomic E-state index is 0.611. The van der Waals surface area contributed by atoms with Crippen molar-refractivity contribution in [1.29, 1.82) is 0 Å². The molecule has 0 aliphatic rings. The quantitative estimate of drug-likeness (QED) is 0.647. The minimum Gasteiger partial charge on any atom is -0.377 e. The molecule has 0 heterocycles. The molecule has 0 aliphatic carbocycles. The third kappa shape index (κ3) is 4.83. The molecular formula is C13H18O. The van der Waals surface area contributed by atoms with Crippen molar-refractivity contribution in [2.45, 2.75) is 13.8 Å². The van der Waals surface area contributed by atoms with Crippen LogP contribution in [0.25, 0.3) is 6.08 Å². The van der Waals surface area contributed by atoms with E-state index in [2.05, 4.69) is 38.1 Å². The first-order chi connectivity index (χ1) is 6.79. The number of rotatable bonds is 5. The molecule has 0 saturated carbocycles. The topological polar surface area (TPSA) is 9.23 Å². The van der Waals surface area contributed by atoms with Gasteiger partial charge in [0.25, 0.3) is 0 Å². The first-order valence-electron chi connectivity index (χ1n) is 5.08. The van der Waals surface area contributed by atoms with Crippen LogP contribution in [0.1, 0.15) is 19.4 Å². The van der Waals surface area contributed by atoms with Gasteiger partial charge in [0.1, 0.15) is 0 Å². The predicted octanol–water partition coefficient (Wildman–Crippen LogP) is 3.37. The van der Waals surface area contributed by atoms with Crippen LogP contribution < -0.4 is 0 Å². The number of hydrogen-bond acceptors (Lipinski definition) is 1. The first-order valence-corrected chi connectivity index (χ1v) is 5.08. The van der Waals surface area contributed by atoms with Gasteiger partial charge in [-0.15, -0.1) is 0 Å². The zero-order chi connectivity index (χ0) is 10.2. The molecule has 0 saturated heterocycles. The second-order valence-electron chi connectivity index (χ2n) is 3.74. The molecule has 0 N–H and O–H groups in total. The summed E-state index contributed by atoms with van der Waals surface area (Å²) in [4.78, 5) is 0. The average Bonchev–Trinajstić information content (AvgIpc) is 2.18. The zero-order valence-corrected chi connectivity index (χ0v) is 8.94. The van der Waals surface area contributed by atoms with Crippen molar-refractivity contribution in [2.75, 3.05) is 13.2 Å². The summed E-state index contributed by atoms with van der Waals surface area (Å²) in [6.07, 6.45) is 4.14. The van der Waals surface area contributed by atoms with Gasteiger partial charge in [-0.05, 0) is 11.5 Å². The van der Waals surface area contributed by atoms with Crippen LogP contribution in [-0.4, -0.2) is 13.2 Å². The Balaban J connectivity index is 2.21. The molecule has 0 aromatic heterocycles. The van der Waals surface area contributed by atoms with E-state index >= 15 is 0 Å². The van der Waals surface area contributed by atoms with Gasteiger partial charge < -0.3 is 4.74 Å². The summed E-state index contributed by atoms with van der Waals surface area (Å²) in [6.45, 7) is 5.84. The molecule has 1 aromatic rings. The highest BCUT2D eigenvalue weighted by Gasteiger charge is 1.90. The number of hydrogen-bond donors (Lipinski definition) is 0. The Morgan fingerprint density at radius 3 is 2.57 bits per heavy atom. The normalized spacial score (nSPS) is 11.4. The Morgan fingerprint density at radius 2 is 1.93 bits per heavy atom. The molecule has 76 valence electrons. The molecule has 1 heteroatoms. The van der Waals surface area contributed by atoms with Crippen LogP contribution in [0.3, 0.4) is 0 Å². The van der Waals surface area contributed by atoms with Gasteiger partial charge in [-0.2, -0.15) is 0 Å². The molecule has 0 bridgehead atoms. The highest BCUT2D eigenvalue weighted by molar-refractivity contribution is 5.48. The molecule has 0 spiro atoms. The van der Waals surface area contributed by atoms with Gasteiger partial charge in [-0.25, -0.2) is 0 Å². The largest absolute Gasteiger partial charge is 0.377 e. The smallest absolute Gasteiger partial charge is 0.0650 e. The molecule has 1 rings (SSSR count). The van der Waals surface area contributed by atoms with Gasteiger partial charge >= 0.3 is 0 Å². The lowest BCUT2D eigenvalue weighted by molar-refractivity contribution is 0.135. The zero-order valence-electron chi connectivity index (χ0n) is 8.94. The summed E-state index contributed by atoms with van der Waals surface area (Å²) in [5.74, 6) is 0.611. The Kier molecular flexibility index (Phi) is 5.02. The Morgan fingerprint density at radius 1 is 1.21 bits per heavy atom. The summed E-state index contributed by atoms with van der Waals surface area (Å²) in [7, 11) is 0. The van der Waals surface area contributed by atoms with E-state index in [4.69, 9.17) is 4.74 Å². The Bertz CT molecular complexity index is 262. The molecule has 0 aliphatic heterocycles. The van der Waals surface area contributed by atoms with Crippen molar-refractivity contribution < 1.29 is 4.74 Å². The average molecular weight is 190 g/mol. The van der Waals surface area contributed by atoms with Crippen LogP contribution in [0, 0.1) is 5.92 Å². The maximum Gasteiger partial charge on any atom is 0.0650 e. The standard InChI is InChI=1S/C13H18O/c1-12(2)11-14-10-6-9-13-7-4-3-5-8-13/h3-9,12H,10-11H2,1-2H3/b9-6+. The summed E-state index contributed by atoms with van der Waals surface area (Å²) in [5.41, 5.74) is 1.22. The number of benzene rings is 1. The molecule has 14 heavy (non-hydrogen) atoms. The SMILES string of the molecule is CC(C)COC/C=C/c1ccccc1. The lowest BCUT2D eigenvalue weighted by Gasteiger charge is -2.02. The van der Waals surface area contributed by atoms with Gasteiger partial charge in [-0.3, -0.25) is 0 Å². The fraction of sp³-hybridized carbons (Fsp3) is 0.385. The van der Waals surface area contributed by atoms with Crippen LogP contribution in [0.5, 0.6) is 0 Å². The second kappa shape index (κ2) is 6.39. The molecule has 1 aromatic carbocycles. The predicted molar refractivity (Wildman–Crippen MR) is 61.1 cm³/mol. The highest BCUT2D eigenvalue weighted by Crippen LogP contribution is 2.00. The lowest BCUT2D eigenvalue weighted by atomic mass is 10.2. The Hall–Kier alpha value is -1.08. The van der Waals surface area contributed by atoms with E-state index in [1.165, 1.54) is 5.56 Å². The van der Waals surface area contributed by atoms with Crippen LogP contribution in [0.15, 0.2) is 36.4 Å². The first kappa shape index (κ1) is 11.0. The summed E-state index contributed by atoms with van der Waals surface area (Å²) >= 11 is 0. The maximum absolute atomic E-state index is 5.43. The van der Waals surface area contributed by atoms with Gasteiger partial charge in [0.05, 0.1) is 6.61 Å². The van der Waals surface area contributed by atoms with Gasteiger partial charge in [0.2, 0.25) is 0 Å². The molecule has 0 fully saturated rings. The molecule has 0 amide bonds. The van der Waals surface area contributed by atoms with Crippen molar-refractivity contribution in [1.82, 2.24) is 0 Å². The molecule has 0 unspecified atom stereocenters. The summed E-state index contributed by atoms with van der Waals surface area (Å²) < 4.78 is 5.43. The second-order valence-corrected chi connectivity index (χ2v) is 3.74. The van der Waals surface area contributed by atoms with Crippen molar-refractivity contribution in [3.8, 4) is 0 Å². The van der Waals surface area contributed by atoms with E-state index in [9.17, 15) is 0 Å².